The average molecular weight is 328 g/mol. The number of phenols is 1. The maximum atomic E-state index is 12.6. The average Bonchev–Trinajstić information content (AvgIpc) is 2.28. The molecule has 1 unspecified atom stereocenters. The van der Waals surface area contributed by atoms with Crippen LogP contribution in [0.15, 0.2) is 18.2 Å². The molecule has 1 rings (SSSR count). The maximum absolute atomic E-state index is 12.6. The largest absolute Gasteiger partial charge is 0.508 e. The zero-order valence-electron chi connectivity index (χ0n) is 10.6. The highest BCUT2D eigenvalue weighted by atomic mass is 32.2. The second-order valence-corrected chi connectivity index (χ2v) is 5.68. The minimum absolute atomic E-state index is 0.331. The Kier molecular flexibility index (Phi) is 4.84. The van der Waals surface area contributed by atoms with Crippen LogP contribution in [-0.4, -0.2) is 42.1 Å². The number of aryl methyl sites for hydroxylation is 1. The van der Waals surface area contributed by atoms with Crippen molar-refractivity contribution in [3.8, 4) is 5.75 Å². The number of halogens is 3. The molecule has 21 heavy (non-hydrogen) atoms. The van der Waals surface area contributed by atoms with E-state index in [1.165, 1.54) is 13.0 Å². The lowest BCUT2D eigenvalue weighted by Gasteiger charge is -2.19. The van der Waals surface area contributed by atoms with Gasteiger partial charge in [-0.2, -0.15) is 21.6 Å². The van der Waals surface area contributed by atoms with Gasteiger partial charge in [-0.25, -0.2) is 4.79 Å². The first-order valence-corrected chi connectivity index (χ1v) is 7.03. The fourth-order valence-corrected chi connectivity index (χ4v) is 1.96. The van der Waals surface area contributed by atoms with E-state index in [4.69, 9.17) is 4.55 Å². The molecule has 6 nitrogen and oxygen atoms in total. The zero-order valence-corrected chi connectivity index (χ0v) is 11.4. The predicted molar refractivity (Wildman–Crippen MR) is 64.5 cm³/mol. The first kappa shape index (κ1) is 17.2. The minimum atomic E-state index is -5.17. The highest BCUT2D eigenvalue weighted by Gasteiger charge is 2.45. The van der Waals surface area contributed by atoms with Crippen molar-refractivity contribution in [2.75, 3.05) is 5.75 Å². The van der Waals surface area contributed by atoms with E-state index in [1.807, 2.05) is 0 Å². The monoisotopic (exact) mass is 328 g/mol. The summed E-state index contributed by atoms with van der Waals surface area (Å²) in [6.07, 6.45) is -8.18. The summed E-state index contributed by atoms with van der Waals surface area (Å²) in [6, 6.07) is 3.27. The van der Waals surface area contributed by atoms with Gasteiger partial charge in [0.05, 0.1) is 5.56 Å². The molecule has 10 heteroatoms. The Morgan fingerprint density at radius 2 is 1.95 bits per heavy atom. The molecule has 0 spiro atoms. The Bertz CT molecular complexity index is 638. The summed E-state index contributed by atoms with van der Waals surface area (Å²) in [6.45, 7) is 1.50. The van der Waals surface area contributed by atoms with Crippen LogP contribution in [0.3, 0.4) is 0 Å². The molecule has 118 valence electrons. The molecule has 0 radical (unpaired) electrons. The number of carbonyl (C=O) groups is 1. The molecular formula is C11H11F3O6S. The van der Waals surface area contributed by atoms with Crippen LogP contribution in [0, 0.1) is 6.92 Å². The Hall–Kier alpha value is -1.81. The molecule has 0 fully saturated rings. The van der Waals surface area contributed by atoms with Crippen LogP contribution in [0.4, 0.5) is 13.2 Å². The molecule has 1 atom stereocenters. The standard InChI is InChI=1S/C11H11F3O6S/c1-6-2-3-7(4-8(6)15)10(16)20-9(11(12,13)14)5-21(17,18)19/h2-4,9,15H,5H2,1H3,(H,17,18,19). The highest BCUT2D eigenvalue weighted by molar-refractivity contribution is 7.85. The SMILES string of the molecule is Cc1ccc(C(=O)OC(CS(=O)(=O)O)C(F)(F)F)cc1O. The van der Waals surface area contributed by atoms with Crippen molar-refractivity contribution in [3.05, 3.63) is 29.3 Å². The number of hydrogen-bond donors (Lipinski definition) is 2. The van der Waals surface area contributed by atoms with Gasteiger partial charge in [0, 0.05) is 0 Å². The van der Waals surface area contributed by atoms with Crippen molar-refractivity contribution in [1.82, 2.24) is 0 Å². The van der Waals surface area contributed by atoms with Gasteiger partial charge in [-0.05, 0) is 24.6 Å². The van der Waals surface area contributed by atoms with E-state index in [0.29, 0.717) is 5.56 Å². The molecule has 0 aromatic heterocycles. The van der Waals surface area contributed by atoms with E-state index in [9.17, 15) is 31.5 Å². The Labute approximate surface area is 117 Å². The summed E-state index contributed by atoms with van der Waals surface area (Å²) in [5, 5.41) is 9.36. The first-order chi connectivity index (χ1) is 9.40. The molecular weight excluding hydrogens is 317 g/mol. The van der Waals surface area contributed by atoms with Crippen LogP contribution < -0.4 is 0 Å². The number of alkyl halides is 3. The Morgan fingerprint density at radius 1 is 1.38 bits per heavy atom. The van der Waals surface area contributed by atoms with Gasteiger partial charge in [0.2, 0.25) is 6.10 Å². The molecule has 0 saturated heterocycles. The highest BCUT2D eigenvalue weighted by Crippen LogP contribution is 2.26. The van der Waals surface area contributed by atoms with Crippen LogP contribution in [0.5, 0.6) is 5.75 Å². The first-order valence-electron chi connectivity index (χ1n) is 5.42. The Balaban J connectivity index is 2.98. The van der Waals surface area contributed by atoms with E-state index in [1.54, 1.807) is 0 Å². The summed E-state index contributed by atoms with van der Waals surface area (Å²) in [4.78, 5) is 11.5. The summed E-state index contributed by atoms with van der Waals surface area (Å²) >= 11 is 0. The van der Waals surface area contributed by atoms with Crippen LogP contribution in [-0.2, 0) is 14.9 Å². The lowest BCUT2D eigenvalue weighted by Crippen LogP contribution is -2.39. The smallest absolute Gasteiger partial charge is 0.426 e. The minimum Gasteiger partial charge on any atom is -0.508 e. The number of rotatable bonds is 4. The van der Waals surface area contributed by atoms with E-state index >= 15 is 0 Å². The van der Waals surface area contributed by atoms with Gasteiger partial charge in [-0.3, -0.25) is 4.55 Å². The summed E-state index contributed by atoms with van der Waals surface area (Å²) in [5.41, 5.74) is -0.000421. The number of hydrogen-bond acceptors (Lipinski definition) is 5. The number of aromatic hydroxyl groups is 1. The molecule has 0 aliphatic carbocycles. The second-order valence-electron chi connectivity index (χ2n) is 4.19. The summed E-state index contributed by atoms with van der Waals surface area (Å²) in [7, 11) is -5.00. The lowest BCUT2D eigenvalue weighted by atomic mass is 10.1. The third kappa shape index (κ3) is 5.23. The number of benzene rings is 1. The molecule has 0 bridgehead atoms. The van der Waals surface area contributed by atoms with E-state index in [2.05, 4.69) is 4.74 Å². The topological polar surface area (TPSA) is 101 Å². The quantitative estimate of drug-likeness (QED) is 0.644. The van der Waals surface area contributed by atoms with Gasteiger partial charge in [0.25, 0.3) is 10.1 Å². The van der Waals surface area contributed by atoms with Crippen LogP contribution >= 0.6 is 0 Å². The van der Waals surface area contributed by atoms with Crippen LogP contribution in [0.1, 0.15) is 15.9 Å². The molecule has 0 amide bonds. The molecule has 2 N–H and O–H groups in total. The predicted octanol–water partition coefficient (Wildman–Crippen LogP) is 1.68. The van der Waals surface area contributed by atoms with Crippen molar-refractivity contribution >= 4 is 16.1 Å². The lowest BCUT2D eigenvalue weighted by molar-refractivity contribution is -0.197. The summed E-state index contributed by atoms with van der Waals surface area (Å²) in [5.74, 6) is -3.61. The van der Waals surface area contributed by atoms with Gasteiger partial charge in [0.1, 0.15) is 11.5 Å². The maximum Gasteiger partial charge on any atom is 0.426 e. The summed E-state index contributed by atoms with van der Waals surface area (Å²) < 4.78 is 71.3. The number of esters is 1. The third-order valence-electron chi connectivity index (χ3n) is 2.42. The molecule has 1 aromatic rings. The molecule has 0 aliphatic heterocycles. The Morgan fingerprint density at radius 3 is 2.38 bits per heavy atom. The number of carbonyl (C=O) groups excluding carboxylic acids is 1. The van der Waals surface area contributed by atoms with Gasteiger partial charge in [-0.1, -0.05) is 6.07 Å². The van der Waals surface area contributed by atoms with Crippen molar-refractivity contribution in [3.63, 3.8) is 0 Å². The van der Waals surface area contributed by atoms with E-state index < -0.39 is 34.1 Å². The van der Waals surface area contributed by atoms with Crippen molar-refractivity contribution in [2.24, 2.45) is 0 Å². The molecule has 0 heterocycles. The fourth-order valence-electron chi connectivity index (χ4n) is 1.32. The van der Waals surface area contributed by atoms with Gasteiger partial charge in [-0.15, -0.1) is 0 Å². The number of ether oxygens (including phenoxy) is 1. The number of phenolic OH excluding ortho intramolecular Hbond substituents is 1. The molecule has 0 aliphatic rings. The second kappa shape index (κ2) is 5.90. The molecule has 1 aromatic carbocycles. The van der Waals surface area contributed by atoms with Gasteiger partial charge < -0.3 is 9.84 Å². The van der Waals surface area contributed by atoms with Crippen molar-refractivity contribution in [1.29, 1.82) is 0 Å². The van der Waals surface area contributed by atoms with Crippen molar-refractivity contribution in [2.45, 2.75) is 19.2 Å². The van der Waals surface area contributed by atoms with Gasteiger partial charge in [0.15, 0.2) is 0 Å². The fraction of sp³-hybridized carbons (Fsp3) is 0.364. The third-order valence-corrected chi connectivity index (χ3v) is 3.15. The van der Waals surface area contributed by atoms with E-state index in [0.717, 1.165) is 12.1 Å². The van der Waals surface area contributed by atoms with Gasteiger partial charge >= 0.3 is 12.1 Å². The van der Waals surface area contributed by atoms with Crippen molar-refractivity contribution < 1.29 is 40.8 Å². The normalized spacial score (nSPS) is 13.8. The molecule has 0 saturated carbocycles. The van der Waals surface area contributed by atoms with Crippen LogP contribution in [0.25, 0.3) is 0 Å². The van der Waals surface area contributed by atoms with Crippen LogP contribution in [0.2, 0.25) is 0 Å². The zero-order chi connectivity index (χ0) is 16.4. The van der Waals surface area contributed by atoms with E-state index in [-0.39, 0.29) is 11.3 Å².